The fourth-order valence-electron chi connectivity index (χ4n) is 1.12. The zero-order chi connectivity index (χ0) is 7.56. The van der Waals surface area contributed by atoms with Crippen molar-refractivity contribution >= 4 is 5.71 Å². The maximum atomic E-state index is 4.46. The largest absolute Gasteiger partial charge is 0.263 e. The van der Waals surface area contributed by atoms with Gasteiger partial charge in [0.2, 0.25) is 0 Å². The van der Waals surface area contributed by atoms with Gasteiger partial charge in [-0.15, -0.1) is 0 Å². The number of nitrogens with zero attached hydrogens (tertiary/aromatic N) is 1. The lowest BCUT2D eigenvalue weighted by Gasteiger charge is -2.12. The summed E-state index contributed by atoms with van der Waals surface area (Å²) < 4.78 is 0. The van der Waals surface area contributed by atoms with Gasteiger partial charge >= 0.3 is 0 Å². The van der Waals surface area contributed by atoms with Gasteiger partial charge in [0.25, 0.3) is 0 Å². The molecule has 0 fully saturated rings. The molecule has 1 nitrogen and oxygen atoms in total. The molecule has 0 saturated carbocycles. The van der Waals surface area contributed by atoms with Gasteiger partial charge in [0, 0.05) is 11.4 Å². The third-order valence-electron chi connectivity index (χ3n) is 1.77. The third-order valence-corrected chi connectivity index (χ3v) is 1.77. The zero-order valence-electron chi connectivity index (χ0n) is 7.02. The maximum absolute atomic E-state index is 4.46. The molecule has 0 aromatic heterocycles. The van der Waals surface area contributed by atoms with Crippen LogP contribution in [0, 0.1) is 5.92 Å². The highest BCUT2D eigenvalue weighted by Crippen LogP contribution is 2.17. The highest BCUT2D eigenvalue weighted by Gasteiger charge is 2.05. The molecule has 0 aromatic rings. The van der Waals surface area contributed by atoms with E-state index < -0.39 is 0 Å². The molecule has 1 rings (SSSR count). The van der Waals surface area contributed by atoms with Gasteiger partial charge in [-0.05, 0) is 25.7 Å². The summed E-state index contributed by atoms with van der Waals surface area (Å²) in [7, 11) is 0. The first kappa shape index (κ1) is 7.52. The van der Waals surface area contributed by atoms with Gasteiger partial charge in [0.05, 0.1) is 0 Å². The van der Waals surface area contributed by atoms with Gasteiger partial charge in [-0.1, -0.05) is 19.9 Å². The Kier molecular flexibility index (Phi) is 2.25. The van der Waals surface area contributed by atoms with Crippen LogP contribution in [-0.4, -0.2) is 5.71 Å². The first-order valence-electron chi connectivity index (χ1n) is 3.94. The van der Waals surface area contributed by atoms with E-state index in [1.165, 1.54) is 17.8 Å². The lowest BCUT2D eigenvalue weighted by Crippen LogP contribution is -2.01. The Labute approximate surface area is 62.9 Å². The standard InChI is InChI=1S/C9H15N/c1-7(2)9-6-4-5-8(3)10-9/h6-7H,4-5H2,1-3H3. The van der Waals surface area contributed by atoms with Gasteiger partial charge < -0.3 is 0 Å². The second kappa shape index (κ2) is 3.00. The topological polar surface area (TPSA) is 12.4 Å². The molecule has 0 saturated heterocycles. The van der Waals surface area contributed by atoms with Gasteiger partial charge in [0.1, 0.15) is 0 Å². The van der Waals surface area contributed by atoms with Crippen LogP contribution in [-0.2, 0) is 0 Å². The van der Waals surface area contributed by atoms with Crippen molar-refractivity contribution in [1.29, 1.82) is 0 Å². The molecule has 10 heavy (non-hydrogen) atoms. The van der Waals surface area contributed by atoms with E-state index >= 15 is 0 Å². The summed E-state index contributed by atoms with van der Waals surface area (Å²) in [5.74, 6) is 0.593. The second-order valence-corrected chi connectivity index (χ2v) is 3.17. The minimum atomic E-state index is 0.593. The normalized spacial score (nSPS) is 18.8. The summed E-state index contributed by atoms with van der Waals surface area (Å²) in [5, 5.41) is 0. The Balaban J connectivity index is 2.69. The van der Waals surface area contributed by atoms with Crippen molar-refractivity contribution in [3.63, 3.8) is 0 Å². The van der Waals surface area contributed by atoms with Crippen molar-refractivity contribution in [3.05, 3.63) is 11.8 Å². The lowest BCUT2D eigenvalue weighted by molar-refractivity contribution is 0.739. The average molecular weight is 137 g/mol. The van der Waals surface area contributed by atoms with Crippen molar-refractivity contribution < 1.29 is 0 Å². The molecule has 0 amide bonds. The lowest BCUT2D eigenvalue weighted by atomic mass is 10.0. The molecule has 0 aliphatic carbocycles. The number of hydrogen-bond acceptors (Lipinski definition) is 1. The monoisotopic (exact) mass is 137 g/mol. The summed E-state index contributed by atoms with van der Waals surface area (Å²) in [6, 6.07) is 0. The molecule has 0 spiro atoms. The van der Waals surface area contributed by atoms with E-state index in [1.807, 2.05) is 0 Å². The molecule has 0 radical (unpaired) electrons. The molecule has 0 atom stereocenters. The minimum absolute atomic E-state index is 0.593. The Morgan fingerprint density at radius 1 is 1.50 bits per heavy atom. The molecule has 0 bridgehead atoms. The van der Waals surface area contributed by atoms with Crippen LogP contribution >= 0.6 is 0 Å². The van der Waals surface area contributed by atoms with Gasteiger partial charge in [-0.3, -0.25) is 4.99 Å². The summed E-state index contributed by atoms with van der Waals surface area (Å²) in [5.41, 5.74) is 2.55. The third kappa shape index (κ3) is 1.69. The van der Waals surface area contributed by atoms with E-state index in [-0.39, 0.29) is 0 Å². The van der Waals surface area contributed by atoms with E-state index in [2.05, 4.69) is 31.8 Å². The molecule has 1 heteroatoms. The molecule has 56 valence electrons. The number of hydrogen-bond donors (Lipinski definition) is 0. The highest BCUT2D eigenvalue weighted by molar-refractivity contribution is 5.83. The summed E-state index contributed by atoms with van der Waals surface area (Å²) in [6.45, 7) is 6.48. The average Bonchev–Trinajstić information content (AvgIpc) is 1.88. The van der Waals surface area contributed by atoms with E-state index in [0.29, 0.717) is 5.92 Å². The fraction of sp³-hybridized carbons (Fsp3) is 0.667. The molecule has 1 heterocycles. The van der Waals surface area contributed by atoms with Crippen molar-refractivity contribution in [2.24, 2.45) is 10.9 Å². The minimum Gasteiger partial charge on any atom is -0.263 e. The highest BCUT2D eigenvalue weighted by atomic mass is 14.8. The molecule has 0 unspecified atom stereocenters. The number of allylic oxidation sites excluding steroid dienone is 2. The van der Waals surface area contributed by atoms with E-state index in [9.17, 15) is 0 Å². The van der Waals surface area contributed by atoms with Crippen molar-refractivity contribution in [3.8, 4) is 0 Å². The molecule has 0 aromatic carbocycles. The van der Waals surface area contributed by atoms with Crippen LogP contribution in [0.2, 0.25) is 0 Å². The Morgan fingerprint density at radius 2 is 2.20 bits per heavy atom. The van der Waals surface area contributed by atoms with Crippen LogP contribution in [0.15, 0.2) is 16.8 Å². The Hall–Kier alpha value is -0.590. The Bertz CT molecular complexity index is 175. The van der Waals surface area contributed by atoms with Crippen LogP contribution in [0.1, 0.15) is 33.6 Å². The van der Waals surface area contributed by atoms with Gasteiger partial charge in [-0.25, -0.2) is 0 Å². The van der Waals surface area contributed by atoms with Crippen molar-refractivity contribution in [2.45, 2.75) is 33.6 Å². The van der Waals surface area contributed by atoms with Gasteiger partial charge in [0.15, 0.2) is 0 Å². The second-order valence-electron chi connectivity index (χ2n) is 3.17. The van der Waals surface area contributed by atoms with Crippen molar-refractivity contribution in [1.82, 2.24) is 0 Å². The van der Waals surface area contributed by atoms with Crippen molar-refractivity contribution in [2.75, 3.05) is 0 Å². The molecular formula is C9H15N. The van der Waals surface area contributed by atoms with Crippen LogP contribution < -0.4 is 0 Å². The SMILES string of the molecule is CC1=NC(C(C)C)=CCC1. The predicted molar refractivity (Wildman–Crippen MR) is 45.3 cm³/mol. The molecule has 1 aliphatic rings. The smallest absolute Gasteiger partial charge is 0.0388 e. The zero-order valence-corrected chi connectivity index (χ0v) is 7.02. The van der Waals surface area contributed by atoms with Crippen LogP contribution in [0.3, 0.4) is 0 Å². The van der Waals surface area contributed by atoms with E-state index in [1.54, 1.807) is 0 Å². The quantitative estimate of drug-likeness (QED) is 0.527. The first-order chi connectivity index (χ1) is 4.70. The predicted octanol–water partition coefficient (Wildman–Crippen LogP) is 2.78. The van der Waals surface area contributed by atoms with E-state index in [4.69, 9.17) is 0 Å². The summed E-state index contributed by atoms with van der Waals surface area (Å²) in [4.78, 5) is 4.46. The Morgan fingerprint density at radius 3 is 2.60 bits per heavy atom. The van der Waals surface area contributed by atoms with Crippen LogP contribution in [0.4, 0.5) is 0 Å². The van der Waals surface area contributed by atoms with Crippen LogP contribution in [0.5, 0.6) is 0 Å². The van der Waals surface area contributed by atoms with E-state index in [0.717, 1.165) is 6.42 Å². The summed E-state index contributed by atoms with van der Waals surface area (Å²) >= 11 is 0. The molecular weight excluding hydrogens is 122 g/mol. The number of aliphatic imine (C=N–C) groups is 1. The molecule has 1 aliphatic heterocycles. The summed E-state index contributed by atoms with van der Waals surface area (Å²) in [6.07, 6.45) is 4.58. The fourth-order valence-corrected chi connectivity index (χ4v) is 1.12. The van der Waals surface area contributed by atoms with Gasteiger partial charge in [-0.2, -0.15) is 0 Å². The van der Waals surface area contributed by atoms with Crippen LogP contribution in [0.25, 0.3) is 0 Å². The molecule has 0 N–H and O–H groups in total. The maximum Gasteiger partial charge on any atom is 0.0388 e. The first-order valence-corrected chi connectivity index (χ1v) is 3.94. The number of rotatable bonds is 1.